The molecule has 1 N–H and O–H groups in total. The van der Waals surface area contributed by atoms with Crippen molar-refractivity contribution in [2.75, 3.05) is 0 Å². The van der Waals surface area contributed by atoms with E-state index >= 15 is 0 Å². The normalized spacial score (nSPS) is 10.9. The number of carbonyl (C=O) groups is 1. The molecule has 3 aromatic rings. The number of thiophene rings is 1. The van der Waals surface area contributed by atoms with Gasteiger partial charge in [0.15, 0.2) is 0 Å². The average molecular weight is 287 g/mol. The summed E-state index contributed by atoms with van der Waals surface area (Å²) in [5.41, 5.74) is 1.28. The summed E-state index contributed by atoms with van der Waals surface area (Å²) in [7, 11) is 0. The lowest BCUT2D eigenvalue weighted by atomic mass is 10.0. The molecule has 2 heterocycles. The number of carboxylic acids is 1. The molecule has 0 radical (unpaired) electrons. The van der Waals surface area contributed by atoms with E-state index in [9.17, 15) is 14.3 Å². The third-order valence-corrected chi connectivity index (χ3v) is 4.05. The van der Waals surface area contributed by atoms with E-state index < -0.39 is 11.8 Å². The van der Waals surface area contributed by atoms with E-state index in [-0.39, 0.29) is 11.1 Å². The number of fused-ring (bicyclic) bond motifs is 1. The number of para-hydroxylation sites is 1. The van der Waals surface area contributed by atoms with Crippen molar-refractivity contribution in [3.05, 3.63) is 52.7 Å². The summed E-state index contributed by atoms with van der Waals surface area (Å²) in [6.45, 7) is 1.70. The molecule has 0 atom stereocenters. The van der Waals surface area contributed by atoms with Crippen LogP contribution in [0.1, 0.15) is 15.9 Å². The summed E-state index contributed by atoms with van der Waals surface area (Å²) in [6.07, 6.45) is 0. The number of hydrogen-bond acceptors (Lipinski definition) is 3. The van der Waals surface area contributed by atoms with Crippen molar-refractivity contribution < 1.29 is 14.3 Å². The Kier molecular flexibility index (Phi) is 2.99. The van der Waals surface area contributed by atoms with Gasteiger partial charge in [0.2, 0.25) is 0 Å². The molecule has 0 amide bonds. The standard InChI is InChI=1S/C15H10FNO2S/c1-8-12(15(18)19)9-4-2-5-10(16)14(9)17-13(8)11-6-3-7-20-11/h2-7H,1H3,(H,18,19). The van der Waals surface area contributed by atoms with E-state index in [4.69, 9.17) is 0 Å². The first kappa shape index (κ1) is 12.7. The van der Waals surface area contributed by atoms with Crippen LogP contribution >= 0.6 is 11.3 Å². The van der Waals surface area contributed by atoms with Crippen molar-refractivity contribution in [3.8, 4) is 10.6 Å². The Hall–Kier alpha value is -2.27. The zero-order valence-electron chi connectivity index (χ0n) is 10.6. The summed E-state index contributed by atoms with van der Waals surface area (Å²) in [4.78, 5) is 16.7. The van der Waals surface area contributed by atoms with Crippen LogP contribution in [0.2, 0.25) is 0 Å². The number of aromatic carboxylic acids is 1. The van der Waals surface area contributed by atoms with Gasteiger partial charge in [0, 0.05) is 5.39 Å². The lowest BCUT2D eigenvalue weighted by molar-refractivity contribution is 0.0698. The molecule has 0 spiro atoms. The number of benzene rings is 1. The highest BCUT2D eigenvalue weighted by molar-refractivity contribution is 7.13. The molecule has 5 heteroatoms. The summed E-state index contributed by atoms with van der Waals surface area (Å²) < 4.78 is 13.9. The smallest absolute Gasteiger partial charge is 0.336 e. The van der Waals surface area contributed by atoms with Crippen LogP contribution in [0, 0.1) is 12.7 Å². The lowest BCUT2D eigenvalue weighted by Crippen LogP contribution is -2.05. The summed E-state index contributed by atoms with van der Waals surface area (Å²) >= 11 is 1.45. The molecule has 0 saturated carbocycles. The minimum Gasteiger partial charge on any atom is -0.478 e. The van der Waals surface area contributed by atoms with Crippen molar-refractivity contribution in [1.82, 2.24) is 4.98 Å². The van der Waals surface area contributed by atoms with Crippen molar-refractivity contribution >= 4 is 28.2 Å². The highest BCUT2D eigenvalue weighted by atomic mass is 32.1. The average Bonchev–Trinajstić information content (AvgIpc) is 2.91. The fourth-order valence-electron chi connectivity index (χ4n) is 2.28. The molecule has 0 aliphatic heterocycles. The molecule has 3 rings (SSSR count). The van der Waals surface area contributed by atoms with E-state index in [0.717, 1.165) is 4.88 Å². The molecule has 1 aromatic carbocycles. The lowest BCUT2D eigenvalue weighted by Gasteiger charge is -2.11. The van der Waals surface area contributed by atoms with Crippen LogP contribution in [0.5, 0.6) is 0 Å². The second-order valence-corrected chi connectivity index (χ2v) is 5.33. The van der Waals surface area contributed by atoms with Crippen LogP contribution in [-0.4, -0.2) is 16.1 Å². The molecule has 0 unspecified atom stereocenters. The van der Waals surface area contributed by atoms with Crippen molar-refractivity contribution in [1.29, 1.82) is 0 Å². The maximum absolute atomic E-state index is 13.9. The van der Waals surface area contributed by atoms with Crippen LogP contribution < -0.4 is 0 Å². The first-order valence-electron chi connectivity index (χ1n) is 5.95. The molecular weight excluding hydrogens is 277 g/mol. The number of rotatable bonds is 2. The first-order chi connectivity index (χ1) is 9.59. The molecule has 3 nitrogen and oxygen atoms in total. The van der Waals surface area contributed by atoms with Gasteiger partial charge in [-0.15, -0.1) is 11.3 Å². The van der Waals surface area contributed by atoms with Gasteiger partial charge in [0.25, 0.3) is 0 Å². The quantitative estimate of drug-likeness (QED) is 0.771. The van der Waals surface area contributed by atoms with Crippen LogP contribution in [0.15, 0.2) is 35.7 Å². The minimum absolute atomic E-state index is 0.0962. The molecule has 100 valence electrons. The Morgan fingerprint density at radius 1 is 1.30 bits per heavy atom. The second kappa shape index (κ2) is 4.68. The van der Waals surface area contributed by atoms with Crippen LogP contribution in [-0.2, 0) is 0 Å². The van der Waals surface area contributed by atoms with Gasteiger partial charge in [-0.05, 0) is 30.0 Å². The molecular formula is C15H10FNO2S. The summed E-state index contributed by atoms with van der Waals surface area (Å²) in [5.74, 6) is -1.58. The first-order valence-corrected chi connectivity index (χ1v) is 6.83. The maximum Gasteiger partial charge on any atom is 0.336 e. The number of halogens is 1. The monoisotopic (exact) mass is 287 g/mol. The highest BCUT2D eigenvalue weighted by Crippen LogP contribution is 2.32. The molecule has 0 aliphatic rings. The second-order valence-electron chi connectivity index (χ2n) is 4.38. The maximum atomic E-state index is 13.9. The number of aromatic nitrogens is 1. The van der Waals surface area contributed by atoms with Gasteiger partial charge in [-0.1, -0.05) is 18.2 Å². The van der Waals surface area contributed by atoms with Gasteiger partial charge in [0.05, 0.1) is 16.1 Å². The van der Waals surface area contributed by atoms with E-state index in [1.165, 1.54) is 23.5 Å². The fourth-order valence-corrected chi connectivity index (χ4v) is 3.05. The van der Waals surface area contributed by atoms with E-state index in [2.05, 4.69) is 4.98 Å². The van der Waals surface area contributed by atoms with Gasteiger partial charge in [0.1, 0.15) is 11.3 Å². The highest BCUT2D eigenvalue weighted by Gasteiger charge is 2.20. The van der Waals surface area contributed by atoms with Crippen molar-refractivity contribution in [3.63, 3.8) is 0 Å². The van der Waals surface area contributed by atoms with Crippen LogP contribution in [0.3, 0.4) is 0 Å². The fraction of sp³-hybridized carbons (Fsp3) is 0.0667. The third-order valence-electron chi connectivity index (χ3n) is 3.18. The Bertz CT molecular complexity index is 812. The zero-order valence-corrected chi connectivity index (χ0v) is 11.4. The van der Waals surface area contributed by atoms with E-state index in [0.29, 0.717) is 16.6 Å². The number of pyridine rings is 1. The number of carboxylic acid groups (broad SMARTS) is 1. The Morgan fingerprint density at radius 2 is 2.10 bits per heavy atom. The van der Waals surface area contributed by atoms with Crippen molar-refractivity contribution in [2.24, 2.45) is 0 Å². The van der Waals surface area contributed by atoms with Gasteiger partial charge in [-0.2, -0.15) is 0 Å². The Morgan fingerprint density at radius 3 is 2.75 bits per heavy atom. The molecule has 20 heavy (non-hydrogen) atoms. The van der Waals surface area contributed by atoms with E-state index in [1.807, 2.05) is 17.5 Å². The van der Waals surface area contributed by atoms with Crippen molar-refractivity contribution in [2.45, 2.75) is 6.92 Å². The minimum atomic E-state index is -1.07. The van der Waals surface area contributed by atoms with Crippen LogP contribution in [0.4, 0.5) is 4.39 Å². The van der Waals surface area contributed by atoms with Crippen LogP contribution in [0.25, 0.3) is 21.5 Å². The van der Waals surface area contributed by atoms with E-state index in [1.54, 1.807) is 13.0 Å². The van der Waals surface area contributed by atoms with Gasteiger partial charge in [-0.3, -0.25) is 0 Å². The molecule has 2 aromatic heterocycles. The SMILES string of the molecule is Cc1c(-c2cccs2)nc2c(F)cccc2c1C(=O)O. The Labute approximate surface area is 118 Å². The number of nitrogens with zero attached hydrogens (tertiary/aromatic N) is 1. The molecule has 0 saturated heterocycles. The zero-order chi connectivity index (χ0) is 14.3. The largest absolute Gasteiger partial charge is 0.478 e. The predicted octanol–water partition coefficient (Wildman–Crippen LogP) is 4.11. The topological polar surface area (TPSA) is 50.2 Å². The molecule has 0 aliphatic carbocycles. The number of hydrogen-bond donors (Lipinski definition) is 1. The predicted molar refractivity (Wildman–Crippen MR) is 76.7 cm³/mol. The third kappa shape index (κ3) is 1.87. The van der Waals surface area contributed by atoms with Gasteiger partial charge < -0.3 is 5.11 Å². The molecule has 0 bridgehead atoms. The Balaban J connectivity index is 2.47. The summed E-state index contributed by atoms with van der Waals surface area (Å²) in [6, 6.07) is 8.07. The summed E-state index contributed by atoms with van der Waals surface area (Å²) in [5, 5.41) is 11.6. The van der Waals surface area contributed by atoms with Gasteiger partial charge >= 0.3 is 5.97 Å². The van der Waals surface area contributed by atoms with Gasteiger partial charge in [-0.25, -0.2) is 14.2 Å². The molecule has 0 fully saturated rings.